The van der Waals surface area contributed by atoms with Crippen LogP contribution >= 0.6 is 0 Å². The van der Waals surface area contributed by atoms with Gasteiger partial charge in [-0.25, -0.2) is 4.98 Å². The smallest absolute Gasteiger partial charge is 0.226 e. The van der Waals surface area contributed by atoms with E-state index >= 15 is 0 Å². The summed E-state index contributed by atoms with van der Waals surface area (Å²) in [6.45, 7) is 12.1. The average molecular weight is 249 g/mol. The molecule has 0 unspecified atom stereocenters. The molecule has 2 rings (SSSR count). The first-order valence-corrected chi connectivity index (χ1v) is 6.42. The van der Waals surface area contributed by atoms with E-state index in [0.29, 0.717) is 28.6 Å². The van der Waals surface area contributed by atoms with Gasteiger partial charge >= 0.3 is 0 Å². The lowest BCUT2D eigenvalue weighted by molar-refractivity contribution is 0.397. The fraction of sp³-hybridized carbons (Fsp3) is 0.714. The molecule has 1 saturated carbocycles. The number of aromatic nitrogens is 2. The molecule has 1 aliphatic rings. The van der Waals surface area contributed by atoms with Gasteiger partial charge < -0.3 is 10.1 Å². The van der Waals surface area contributed by atoms with E-state index in [-0.39, 0.29) is 0 Å². The van der Waals surface area contributed by atoms with Gasteiger partial charge in [0.05, 0.1) is 7.11 Å². The third-order valence-electron chi connectivity index (χ3n) is 4.82. The van der Waals surface area contributed by atoms with Crippen molar-refractivity contribution in [2.24, 2.45) is 16.7 Å². The van der Waals surface area contributed by atoms with Gasteiger partial charge in [0, 0.05) is 18.3 Å². The predicted octanol–water partition coefficient (Wildman–Crippen LogP) is 2.89. The third kappa shape index (κ3) is 2.04. The second kappa shape index (κ2) is 4.11. The number of rotatable bonds is 4. The first-order chi connectivity index (χ1) is 8.29. The minimum atomic E-state index is 0.383. The SMILES string of the molecule is COc1cc(C)nc(NCC2C(C)(C)C2(C)C)n1. The Bertz CT molecular complexity index is 440. The summed E-state index contributed by atoms with van der Waals surface area (Å²) in [5.41, 5.74) is 1.68. The Kier molecular flexibility index (Phi) is 2.99. The molecule has 100 valence electrons. The molecule has 0 saturated heterocycles. The second-order valence-corrected chi connectivity index (χ2v) is 6.25. The van der Waals surface area contributed by atoms with Crippen molar-refractivity contribution >= 4 is 5.95 Å². The molecule has 4 heteroatoms. The van der Waals surface area contributed by atoms with Crippen molar-refractivity contribution in [3.8, 4) is 5.88 Å². The van der Waals surface area contributed by atoms with E-state index in [0.717, 1.165) is 12.2 Å². The van der Waals surface area contributed by atoms with Crippen LogP contribution in [0, 0.1) is 23.7 Å². The number of anilines is 1. The van der Waals surface area contributed by atoms with Crippen LogP contribution in [0.1, 0.15) is 33.4 Å². The minimum absolute atomic E-state index is 0.383. The molecule has 1 aliphatic carbocycles. The largest absolute Gasteiger partial charge is 0.481 e. The Hall–Kier alpha value is -1.32. The lowest BCUT2D eigenvalue weighted by Crippen LogP contribution is -2.11. The fourth-order valence-corrected chi connectivity index (χ4v) is 2.76. The van der Waals surface area contributed by atoms with Crippen LogP contribution in [0.5, 0.6) is 5.88 Å². The number of aryl methyl sites for hydroxylation is 1. The van der Waals surface area contributed by atoms with Crippen molar-refractivity contribution in [1.82, 2.24) is 9.97 Å². The van der Waals surface area contributed by atoms with E-state index in [1.54, 1.807) is 7.11 Å². The summed E-state index contributed by atoms with van der Waals surface area (Å²) < 4.78 is 5.15. The van der Waals surface area contributed by atoms with Gasteiger partial charge in [0.25, 0.3) is 0 Å². The van der Waals surface area contributed by atoms with Gasteiger partial charge in [-0.15, -0.1) is 0 Å². The number of methoxy groups -OCH3 is 1. The van der Waals surface area contributed by atoms with E-state index in [1.165, 1.54) is 0 Å². The van der Waals surface area contributed by atoms with Crippen molar-refractivity contribution in [1.29, 1.82) is 0 Å². The zero-order valence-electron chi connectivity index (χ0n) is 12.2. The van der Waals surface area contributed by atoms with Crippen LogP contribution in [0.2, 0.25) is 0 Å². The van der Waals surface area contributed by atoms with Crippen molar-refractivity contribution in [2.45, 2.75) is 34.6 Å². The quantitative estimate of drug-likeness (QED) is 0.891. The zero-order chi connectivity index (χ0) is 13.6. The van der Waals surface area contributed by atoms with Crippen LogP contribution in [0.15, 0.2) is 6.07 Å². The van der Waals surface area contributed by atoms with Crippen LogP contribution in [-0.4, -0.2) is 23.6 Å². The van der Waals surface area contributed by atoms with E-state index in [4.69, 9.17) is 4.74 Å². The zero-order valence-corrected chi connectivity index (χ0v) is 12.2. The Morgan fingerprint density at radius 1 is 1.22 bits per heavy atom. The van der Waals surface area contributed by atoms with Gasteiger partial charge in [0.15, 0.2) is 0 Å². The van der Waals surface area contributed by atoms with Crippen LogP contribution in [0.25, 0.3) is 0 Å². The summed E-state index contributed by atoms with van der Waals surface area (Å²) in [5.74, 6) is 1.92. The Balaban J connectivity index is 2.02. The maximum Gasteiger partial charge on any atom is 0.226 e. The Labute approximate surface area is 109 Å². The molecule has 1 aromatic heterocycles. The lowest BCUT2D eigenvalue weighted by Gasteiger charge is -2.08. The Morgan fingerprint density at radius 2 is 1.83 bits per heavy atom. The van der Waals surface area contributed by atoms with Gasteiger partial charge in [-0.05, 0) is 23.7 Å². The summed E-state index contributed by atoms with van der Waals surface area (Å²) in [6, 6.07) is 1.83. The molecular weight excluding hydrogens is 226 g/mol. The minimum Gasteiger partial charge on any atom is -0.481 e. The molecule has 1 N–H and O–H groups in total. The summed E-state index contributed by atoms with van der Waals surface area (Å²) in [4.78, 5) is 8.68. The molecule has 0 spiro atoms. The third-order valence-corrected chi connectivity index (χ3v) is 4.82. The van der Waals surface area contributed by atoms with Crippen molar-refractivity contribution in [2.75, 3.05) is 19.0 Å². The molecule has 18 heavy (non-hydrogen) atoms. The first kappa shape index (κ1) is 13.1. The predicted molar refractivity (Wildman–Crippen MR) is 72.9 cm³/mol. The summed E-state index contributed by atoms with van der Waals surface area (Å²) in [5, 5.41) is 3.33. The van der Waals surface area contributed by atoms with Crippen LogP contribution in [0.3, 0.4) is 0 Å². The fourth-order valence-electron chi connectivity index (χ4n) is 2.76. The molecule has 1 fully saturated rings. The second-order valence-electron chi connectivity index (χ2n) is 6.25. The van der Waals surface area contributed by atoms with E-state index in [9.17, 15) is 0 Å². The molecule has 4 nitrogen and oxygen atoms in total. The number of hydrogen-bond acceptors (Lipinski definition) is 4. The standard InChI is InChI=1S/C14H23N3O/c1-9-7-11(18-6)17-12(16-9)15-8-10-13(2,3)14(10,4)5/h7,10H,8H2,1-6H3,(H,15,16,17). The number of ether oxygens (including phenoxy) is 1. The van der Waals surface area contributed by atoms with Crippen molar-refractivity contribution in [3.05, 3.63) is 11.8 Å². The highest BCUT2D eigenvalue weighted by Crippen LogP contribution is 2.68. The van der Waals surface area contributed by atoms with Gasteiger partial charge in [0.2, 0.25) is 11.8 Å². The highest BCUT2D eigenvalue weighted by atomic mass is 16.5. The molecule has 1 heterocycles. The Morgan fingerprint density at radius 3 is 2.33 bits per heavy atom. The molecular formula is C14H23N3O. The van der Waals surface area contributed by atoms with Crippen molar-refractivity contribution in [3.63, 3.8) is 0 Å². The van der Waals surface area contributed by atoms with E-state index in [2.05, 4.69) is 43.0 Å². The topological polar surface area (TPSA) is 47.0 Å². The van der Waals surface area contributed by atoms with Gasteiger partial charge in [-0.3, -0.25) is 0 Å². The van der Waals surface area contributed by atoms with Crippen LogP contribution < -0.4 is 10.1 Å². The van der Waals surface area contributed by atoms with Crippen LogP contribution in [0.4, 0.5) is 5.95 Å². The number of nitrogens with one attached hydrogen (secondary N) is 1. The maximum absolute atomic E-state index is 5.15. The van der Waals surface area contributed by atoms with Gasteiger partial charge in [-0.2, -0.15) is 4.98 Å². The first-order valence-electron chi connectivity index (χ1n) is 6.42. The van der Waals surface area contributed by atoms with Gasteiger partial charge in [-0.1, -0.05) is 27.7 Å². The summed E-state index contributed by atoms with van der Waals surface area (Å²) in [6.07, 6.45) is 0. The van der Waals surface area contributed by atoms with E-state index < -0.39 is 0 Å². The average Bonchev–Trinajstić information content (AvgIpc) is 2.66. The highest BCUT2D eigenvalue weighted by Gasteiger charge is 2.64. The highest BCUT2D eigenvalue weighted by molar-refractivity contribution is 5.32. The lowest BCUT2D eigenvalue weighted by atomic mass is 10.0. The molecule has 0 bridgehead atoms. The molecule has 0 radical (unpaired) electrons. The van der Waals surface area contributed by atoms with Crippen LogP contribution in [-0.2, 0) is 0 Å². The molecule has 0 aliphatic heterocycles. The normalized spacial score (nSPS) is 20.6. The maximum atomic E-state index is 5.15. The van der Waals surface area contributed by atoms with Crippen molar-refractivity contribution < 1.29 is 4.74 Å². The summed E-state index contributed by atoms with van der Waals surface area (Å²) >= 11 is 0. The number of nitrogens with zero attached hydrogens (tertiary/aromatic N) is 2. The molecule has 0 atom stereocenters. The number of hydrogen-bond donors (Lipinski definition) is 1. The molecule has 0 aromatic carbocycles. The van der Waals surface area contributed by atoms with E-state index in [1.807, 2.05) is 13.0 Å². The molecule has 0 amide bonds. The monoisotopic (exact) mass is 249 g/mol. The summed E-state index contributed by atoms with van der Waals surface area (Å²) in [7, 11) is 1.62. The molecule has 1 aromatic rings. The van der Waals surface area contributed by atoms with Gasteiger partial charge in [0.1, 0.15) is 0 Å².